The molecule has 0 bridgehead atoms. The fraction of sp³-hybridized carbons (Fsp3) is 0.296. The molecule has 0 saturated carbocycles. The maximum absolute atomic E-state index is 13.9. The van der Waals surface area contributed by atoms with Crippen LogP contribution in [0.5, 0.6) is 5.75 Å². The first-order chi connectivity index (χ1) is 17.9. The molecule has 0 unspecified atom stereocenters. The summed E-state index contributed by atoms with van der Waals surface area (Å²) in [6.45, 7) is 12.1. The third-order valence-electron chi connectivity index (χ3n) is 5.66. The molecule has 0 aliphatic heterocycles. The molecule has 0 atom stereocenters. The predicted molar refractivity (Wildman–Crippen MR) is 143 cm³/mol. The first kappa shape index (κ1) is 28.8. The minimum Gasteiger partial charge on any atom is -0.485 e. The number of aliphatic imine (C=N–C) groups is 1. The van der Waals surface area contributed by atoms with Gasteiger partial charge in [0.05, 0.1) is 24.2 Å². The van der Waals surface area contributed by atoms with E-state index in [1.165, 1.54) is 10.6 Å². The van der Waals surface area contributed by atoms with Gasteiger partial charge >= 0.3 is 0 Å². The van der Waals surface area contributed by atoms with Gasteiger partial charge in [0.15, 0.2) is 5.82 Å². The molecule has 3 aromatic rings. The molecule has 3 heterocycles. The van der Waals surface area contributed by atoms with Crippen molar-refractivity contribution in [2.75, 3.05) is 6.61 Å². The van der Waals surface area contributed by atoms with Crippen LogP contribution in [0.2, 0.25) is 5.02 Å². The van der Waals surface area contributed by atoms with Crippen molar-refractivity contribution in [1.29, 1.82) is 0 Å². The van der Waals surface area contributed by atoms with Gasteiger partial charge in [0.25, 0.3) is 5.56 Å². The summed E-state index contributed by atoms with van der Waals surface area (Å²) in [5, 5.41) is 9.47. The Bertz CT molecular complexity index is 1490. The van der Waals surface area contributed by atoms with Crippen LogP contribution in [0.15, 0.2) is 52.0 Å². The SMILES string of the molecule is C=N/C(=C\C(=C(C)C)n1c(C)cc(OCc2ncc(F)cc2F)c(Cl)c1=O)c1ccnc(C(C)(C)CO)n1. The van der Waals surface area contributed by atoms with E-state index in [1.54, 1.807) is 25.3 Å². The first-order valence-corrected chi connectivity index (χ1v) is 11.9. The zero-order valence-electron chi connectivity index (χ0n) is 21.7. The van der Waals surface area contributed by atoms with Gasteiger partial charge in [-0.1, -0.05) is 31.0 Å². The molecule has 0 aromatic carbocycles. The highest BCUT2D eigenvalue weighted by Gasteiger charge is 2.24. The van der Waals surface area contributed by atoms with Crippen molar-refractivity contribution >= 4 is 29.7 Å². The Labute approximate surface area is 224 Å². The summed E-state index contributed by atoms with van der Waals surface area (Å²) in [7, 11) is 0. The van der Waals surface area contributed by atoms with Gasteiger partial charge in [-0.3, -0.25) is 19.3 Å². The monoisotopic (exact) mass is 543 g/mol. The third kappa shape index (κ3) is 6.20. The van der Waals surface area contributed by atoms with Gasteiger partial charge in [0.1, 0.15) is 34.7 Å². The number of pyridine rings is 2. The van der Waals surface area contributed by atoms with Crippen LogP contribution in [0, 0.1) is 18.6 Å². The summed E-state index contributed by atoms with van der Waals surface area (Å²) in [6.07, 6.45) is 4.09. The molecule has 3 rings (SSSR count). The molecule has 0 radical (unpaired) electrons. The van der Waals surface area contributed by atoms with Gasteiger partial charge < -0.3 is 9.84 Å². The molecule has 38 heavy (non-hydrogen) atoms. The van der Waals surface area contributed by atoms with Gasteiger partial charge in [0.2, 0.25) is 0 Å². The topological polar surface area (TPSA) is 102 Å². The largest absolute Gasteiger partial charge is 0.485 e. The average molecular weight is 544 g/mol. The van der Waals surface area contributed by atoms with Crippen LogP contribution in [0.4, 0.5) is 8.78 Å². The minimum absolute atomic E-state index is 0.0294. The average Bonchev–Trinajstić information content (AvgIpc) is 2.88. The second kappa shape index (κ2) is 11.7. The molecular weight excluding hydrogens is 516 g/mol. The number of aliphatic hydroxyl groups is 1. The molecule has 0 fully saturated rings. The van der Waals surface area contributed by atoms with Crippen molar-refractivity contribution in [2.24, 2.45) is 4.99 Å². The van der Waals surface area contributed by atoms with Gasteiger partial charge in [-0.25, -0.2) is 18.7 Å². The lowest BCUT2D eigenvalue weighted by molar-refractivity contribution is 0.211. The van der Waals surface area contributed by atoms with E-state index < -0.39 is 22.6 Å². The van der Waals surface area contributed by atoms with E-state index in [9.17, 15) is 18.7 Å². The first-order valence-electron chi connectivity index (χ1n) is 11.6. The molecule has 1 N–H and O–H groups in total. The minimum atomic E-state index is -0.872. The van der Waals surface area contributed by atoms with Crippen LogP contribution in [-0.2, 0) is 12.0 Å². The molecule has 11 heteroatoms. The Morgan fingerprint density at radius 3 is 2.61 bits per heavy atom. The number of rotatable bonds is 9. The molecule has 0 spiro atoms. The molecule has 3 aromatic heterocycles. The normalized spacial score (nSPS) is 11.9. The number of ether oxygens (including phenoxy) is 1. The third-order valence-corrected chi connectivity index (χ3v) is 6.01. The molecule has 0 aliphatic rings. The zero-order chi connectivity index (χ0) is 28.2. The van der Waals surface area contributed by atoms with Crippen LogP contribution in [0.25, 0.3) is 11.4 Å². The molecule has 200 valence electrons. The van der Waals surface area contributed by atoms with Crippen molar-refractivity contribution < 1.29 is 18.6 Å². The lowest BCUT2D eigenvalue weighted by Gasteiger charge is -2.20. The zero-order valence-corrected chi connectivity index (χ0v) is 22.5. The van der Waals surface area contributed by atoms with Crippen molar-refractivity contribution in [1.82, 2.24) is 19.5 Å². The van der Waals surface area contributed by atoms with E-state index >= 15 is 0 Å². The highest BCUT2D eigenvalue weighted by molar-refractivity contribution is 6.31. The number of hydrogen-bond donors (Lipinski definition) is 1. The van der Waals surface area contributed by atoms with Gasteiger partial charge in [-0.05, 0) is 39.6 Å². The van der Waals surface area contributed by atoms with E-state index in [2.05, 4.69) is 26.7 Å². The maximum atomic E-state index is 13.9. The van der Waals surface area contributed by atoms with Gasteiger partial charge in [-0.2, -0.15) is 0 Å². The van der Waals surface area contributed by atoms with E-state index in [0.717, 1.165) is 11.8 Å². The van der Waals surface area contributed by atoms with E-state index in [-0.39, 0.29) is 29.7 Å². The lowest BCUT2D eigenvalue weighted by Crippen LogP contribution is -2.25. The molecule has 8 nitrogen and oxygen atoms in total. The van der Waals surface area contributed by atoms with E-state index in [0.29, 0.717) is 34.7 Å². The van der Waals surface area contributed by atoms with Crippen LogP contribution >= 0.6 is 11.6 Å². The standard InChI is InChI=1S/C27H28ClF2N5O3/c1-15(2)22(11-20(31-6)19-7-8-32-26(34-19)27(4,5)14-36)35-16(3)9-23(24(28)25(35)37)38-13-21-18(30)10-17(29)12-33-21/h7-12,36H,6,13-14H2,1-5H3/b20-11-. The number of hydrogen-bond acceptors (Lipinski definition) is 7. The predicted octanol–water partition coefficient (Wildman–Crippen LogP) is 5.11. The molecular formula is C27H28ClF2N5O3. The number of allylic oxidation sites excluding steroid dienone is 3. The Hall–Kier alpha value is -3.76. The summed E-state index contributed by atoms with van der Waals surface area (Å²) in [4.78, 5) is 30.0. The van der Waals surface area contributed by atoms with Gasteiger partial charge in [-0.15, -0.1) is 0 Å². The van der Waals surface area contributed by atoms with Crippen LogP contribution < -0.4 is 10.3 Å². The Kier molecular flexibility index (Phi) is 8.90. The van der Waals surface area contributed by atoms with Crippen molar-refractivity contribution in [3.63, 3.8) is 0 Å². The molecule has 0 saturated heterocycles. The number of nitrogens with zero attached hydrogens (tertiary/aromatic N) is 5. The molecule has 0 aliphatic carbocycles. The van der Waals surface area contributed by atoms with E-state index in [1.807, 2.05) is 27.7 Å². The summed E-state index contributed by atoms with van der Waals surface area (Å²) < 4.78 is 34.0. The number of aryl methyl sites for hydroxylation is 1. The maximum Gasteiger partial charge on any atom is 0.277 e. The number of aliphatic hydroxyl groups excluding tert-OH is 1. The van der Waals surface area contributed by atoms with Crippen molar-refractivity contribution in [3.8, 4) is 5.75 Å². The Balaban J connectivity index is 2.04. The van der Waals surface area contributed by atoms with E-state index in [4.69, 9.17) is 16.3 Å². The summed E-state index contributed by atoms with van der Waals surface area (Å²) in [5.74, 6) is -1.23. The second-order valence-corrected chi connectivity index (χ2v) is 9.73. The van der Waals surface area contributed by atoms with Crippen molar-refractivity contribution in [3.05, 3.63) is 92.2 Å². The van der Waals surface area contributed by atoms with Crippen molar-refractivity contribution in [2.45, 2.75) is 46.6 Å². The summed E-state index contributed by atoms with van der Waals surface area (Å²) in [5.41, 5.74) is 1.17. The lowest BCUT2D eigenvalue weighted by atomic mass is 9.93. The fourth-order valence-electron chi connectivity index (χ4n) is 3.44. The summed E-state index contributed by atoms with van der Waals surface area (Å²) in [6, 6.07) is 3.89. The quantitative estimate of drug-likeness (QED) is 0.297. The second-order valence-electron chi connectivity index (χ2n) is 9.36. The smallest absolute Gasteiger partial charge is 0.277 e. The number of halogens is 3. The van der Waals surface area contributed by atoms with Gasteiger partial charge in [0, 0.05) is 35.1 Å². The molecule has 0 amide bonds. The highest BCUT2D eigenvalue weighted by Crippen LogP contribution is 2.28. The Morgan fingerprint density at radius 1 is 1.29 bits per heavy atom. The fourth-order valence-corrected chi connectivity index (χ4v) is 3.64. The van der Waals surface area contributed by atoms with Crippen LogP contribution in [0.1, 0.15) is 50.6 Å². The van der Waals surface area contributed by atoms with Crippen LogP contribution in [0.3, 0.4) is 0 Å². The highest BCUT2D eigenvalue weighted by atomic mass is 35.5. The summed E-state index contributed by atoms with van der Waals surface area (Å²) >= 11 is 6.37. The number of aromatic nitrogens is 4. The van der Waals surface area contributed by atoms with Crippen LogP contribution in [-0.4, -0.2) is 37.9 Å². The Morgan fingerprint density at radius 2 is 2.00 bits per heavy atom.